The van der Waals surface area contributed by atoms with Gasteiger partial charge in [0.05, 0.1) is 10.7 Å². The summed E-state index contributed by atoms with van der Waals surface area (Å²) in [4.78, 5) is 0. The SMILES string of the molecule is Clc1ccc(Cl)c(Nc2nnc(Cl)c3ccccc23)c1. The van der Waals surface area contributed by atoms with Crippen molar-refractivity contribution in [3.8, 4) is 0 Å². The second-order valence-corrected chi connectivity index (χ2v) is 5.34. The summed E-state index contributed by atoms with van der Waals surface area (Å²) in [6.45, 7) is 0. The first-order chi connectivity index (χ1) is 9.65. The maximum atomic E-state index is 6.13. The van der Waals surface area contributed by atoms with Crippen molar-refractivity contribution in [1.29, 1.82) is 0 Å². The van der Waals surface area contributed by atoms with E-state index in [1.807, 2.05) is 24.3 Å². The molecule has 0 amide bonds. The molecule has 0 aliphatic rings. The number of halogens is 3. The summed E-state index contributed by atoms with van der Waals surface area (Å²) in [7, 11) is 0. The first-order valence-electron chi connectivity index (χ1n) is 5.78. The number of nitrogens with one attached hydrogen (secondary N) is 1. The monoisotopic (exact) mass is 323 g/mol. The van der Waals surface area contributed by atoms with Crippen molar-refractivity contribution in [3.05, 3.63) is 57.7 Å². The average molecular weight is 325 g/mol. The van der Waals surface area contributed by atoms with E-state index in [0.29, 0.717) is 26.7 Å². The van der Waals surface area contributed by atoms with Crippen LogP contribution in [0.3, 0.4) is 0 Å². The van der Waals surface area contributed by atoms with E-state index in [-0.39, 0.29) is 0 Å². The highest BCUT2D eigenvalue weighted by Gasteiger charge is 2.09. The van der Waals surface area contributed by atoms with Crippen molar-refractivity contribution in [2.45, 2.75) is 0 Å². The molecule has 0 unspecified atom stereocenters. The normalized spacial score (nSPS) is 10.8. The Kier molecular flexibility index (Phi) is 3.66. The summed E-state index contributed by atoms with van der Waals surface area (Å²) >= 11 is 18.1. The first kappa shape index (κ1) is 13.4. The smallest absolute Gasteiger partial charge is 0.161 e. The molecule has 0 saturated carbocycles. The predicted octanol–water partition coefficient (Wildman–Crippen LogP) is 5.33. The van der Waals surface area contributed by atoms with Crippen LogP contribution in [0.1, 0.15) is 0 Å². The van der Waals surface area contributed by atoms with Crippen molar-refractivity contribution in [3.63, 3.8) is 0 Å². The van der Waals surface area contributed by atoms with Crippen LogP contribution in [-0.4, -0.2) is 10.2 Å². The van der Waals surface area contributed by atoms with Gasteiger partial charge in [-0.2, -0.15) is 0 Å². The summed E-state index contributed by atoms with van der Waals surface area (Å²) < 4.78 is 0. The third-order valence-electron chi connectivity index (χ3n) is 2.82. The molecule has 2 aromatic carbocycles. The van der Waals surface area contributed by atoms with E-state index in [4.69, 9.17) is 34.8 Å². The molecule has 1 N–H and O–H groups in total. The number of rotatable bonds is 2. The standard InChI is InChI=1S/C14H8Cl3N3/c15-8-5-6-11(16)12(7-8)18-14-10-4-2-1-3-9(10)13(17)19-20-14/h1-7H,(H,18,20). The number of hydrogen-bond donors (Lipinski definition) is 1. The molecule has 0 fully saturated rings. The lowest BCUT2D eigenvalue weighted by Gasteiger charge is -2.10. The summed E-state index contributed by atoms with van der Waals surface area (Å²) in [6.07, 6.45) is 0. The van der Waals surface area contributed by atoms with Crippen LogP contribution in [0.15, 0.2) is 42.5 Å². The molecule has 0 spiro atoms. The number of hydrogen-bond acceptors (Lipinski definition) is 3. The zero-order valence-electron chi connectivity index (χ0n) is 10.1. The average Bonchev–Trinajstić information content (AvgIpc) is 2.46. The molecule has 0 aliphatic carbocycles. The molecule has 6 heteroatoms. The van der Waals surface area contributed by atoms with Gasteiger partial charge in [0.15, 0.2) is 11.0 Å². The molecule has 100 valence electrons. The van der Waals surface area contributed by atoms with Crippen molar-refractivity contribution >= 4 is 57.1 Å². The molecular weight excluding hydrogens is 317 g/mol. The molecule has 0 atom stereocenters. The topological polar surface area (TPSA) is 37.8 Å². The Balaban J connectivity index is 2.11. The fourth-order valence-electron chi connectivity index (χ4n) is 1.88. The van der Waals surface area contributed by atoms with Gasteiger partial charge in [0, 0.05) is 15.8 Å². The van der Waals surface area contributed by atoms with Gasteiger partial charge in [-0.15, -0.1) is 10.2 Å². The third-order valence-corrected chi connectivity index (χ3v) is 3.67. The van der Waals surface area contributed by atoms with Crippen molar-refractivity contribution in [2.75, 3.05) is 5.32 Å². The number of nitrogens with zero attached hydrogens (tertiary/aromatic N) is 2. The van der Waals surface area contributed by atoms with Gasteiger partial charge in [0.2, 0.25) is 0 Å². The summed E-state index contributed by atoms with van der Waals surface area (Å²) in [5, 5.41) is 14.3. The Labute approximate surface area is 130 Å². The second kappa shape index (κ2) is 5.44. The van der Waals surface area contributed by atoms with Crippen molar-refractivity contribution < 1.29 is 0 Å². The number of fused-ring (bicyclic) bond motifs is 1. The van der Waals surface area contributed by atoms with Gasteiger partial charge in [-0.1, -0.05) is 59.1 Å². The second-order valence-electron chi connectivity index (χ2n) is 4.13. The van der Waals surface area contributed by atoms with Gasteiger partial charge in [-0.05, 0) is 18.2 Å². The van der Waals surface area contributed by atoms with Crippen LogP contribution < -0.4 is 5.32 Å². The van der Waals surface area contributed by atoms with Crippen molar-refractivity contribution in [2.24, 2.45) is 0 Å². The summed E-state index contributed by atoms with van der Waals surface area (Å²) in [5.41, 5.74) is 0.668. The van der Waals surface area contributed by atoms with Crippen LogP contribution in [0.4, 0.5) is 11.5 Å². The minimum Gasteiger partial charge on any atom is -0.337 e. The first-order valence-corrected chi connectivity index (χ1v) is 6.91. The minimum absolute atomic E-state index is 0.364. The predicted molar refractivity (Wildman–Crippen MR) is 84.3 cm³/mol. The molecule has 3 nitrogen and oxygen atoms in total. The zero-order valence-corrected chi connectivity index (χ0v) is 12.3. The Morgan fingerprint density at radius 1 is 0.850 bits per heavy atom. The Bertz CT molecular complexity index is 790. The molecule has 20 heavy (non-hydrogen) atoms. The van der Waals surface area contributed by atoms with Gasteiger partial charge in [-0.25, -0.2) is 0 Å². The lowest BCUT2D eigenvalue weighted by Crippen LogP contribution is -1.98. The van der Waals surface area contributed by atoms with Crippen LogP contribution in [0.25, 0.3) is 10.8 Å². The van der Waals surface area contributed by atoms with Gasteiger partial charge in [-0.3, -0.25) is 0 Å². The molecule has 0 bridgehead atoms. The van der Waals surface area contributed by atoms with Gasteiger partial charge >= 0.3 is 0 Å². The zero-order chi connectivity index (χ0) is 14.1. The van der Waals surface area contributed by atoms with Crippen LogP contribution in [0.2, 0.25) is 15.2 Å². The van der Waals surface area contributed by atoms with E-state index in [1.54, 1.807) is 18.2 Å². The fourth-order valence-corrected chi connectivity index (χ4v) is 2.42. The quantitative estimate of drug-likeness (QED) is 0.692. The Hall–Kier alpha value is -1.55. The van der Waals surface area contributed by atoms with E-state index >= 15 is 0 Å². The Morgan fingerprint density at radius 3 is 2.40 bits per heavy atom. The van der Waals surface area contributed by atoms with Gasteiger partial charge < -0.3 is 5.32 Å². The van der Waals surface area contributed by atoms with Gasteiger partial charge in [0.25, 0.3) is 0 Å². The highest BCUT2D eigenvalue weighted by atomic mass is 35.5. The Morgan fingerprint density at radius 2 is 1.60 bits per heavy atom. The maximum Gasteiger partial charge on any atom is 0.161 e. The van der Waals surface area contributed by atoms with E-state index in [2.05, 4.69) is 15.5 Å². The largest absolute Gasteiger partial charge is 0.337 e. The highest BCUT2D eigenvalue weighted by molar-refractivity contribution is 6.36. The molecular formula is C14H8Cl3N3. The van der Waals surface area contributed by atoms with E-state index in [1.165, 1.54) is 0 Å². The summed E-state index contributed by atoms with van der Waals surface area (Å²) in [5.74, 6) is 0.578. The minimum atomic E-state index is 0.364. The van der Waals surface area contributed by atoms with Crippen molar-refractivity contribution in [1.82, 2.24) is 10.2 Å². The molecule has 3 aromatic rings. The number of aromatic nitrogens is 2. The van der Waals surface area contributed by atoms with E-state index in [9.17, 15) is 0 Å². The lowest BCUT2D eigenvalue weighted by molar-refractivity contribution is 1.05. The molecule has 1 heterocycles. The molecule has 0 radical (unpaired) electrons. The van der Waals surface area contributed by atoms with Crippen LogP contribution >= 0.6 is 34.8 Å². The third kappa shape index (κ3) is 2.52. The molecule has 0 saturated heterocycles. The highest BCUT2D eigenvalue weighted by Crippen LogP contribution is 2.31. The van der Waals surface area contributed by atoms with Crippen LogP contribution in [-0.2, 0) is 0 Å². The maximum absolute atomic E-state index is 6.13. The van der Waals surface area contributed by atoms with Crippen LogP contribution in [0, 0.1) is 0 Å². The van der Waals surface area contributed by atoms with Crippen LogP contribution in [0.5, 0.6) is 0 Å². The van der Waals surface area contributed by atoms with E-state index in [0.717, 1.165) is 10.8 Å². The number of anilines is 2. The van der Waals surface area contributed by atoms with Gasteiger partial charge in [0.1, 0.15) is 0 Å². The van der Waals surface area contributed by atoms with E-state index < -0.39 is 0 Å². The fraction of sp³-hybridized carbons (Fsp3) is 0. The molecule has 1 aromatic heterocycles. The lowest BCUT2D eigenvalue weighted by atomic mass is 10.2. The summed E-state index contributed by atoms with van der Waals surface area (Å²) in [6, 6.07) is 12.8. The molecule has 0 aliphatic heterocycles. The molecule has 3 rings (SSSR count). The number of benzene rings is 2.